The normalized spacial score (nSPS) is 15.6. The summed E-state index contributed by atoms with van der Waals surface area (Å²) in [5.74, 6) is -1.91. The second-order valence-electron chi connectivity index (χ2n) is 8.26. The second-order valence-corrected chi connectivity index (χ2v) is 10.0. The SMILES string of the molecule is Cc1ccc(S(=O)(=O)NCCC(=O)NC2CCN(Cc3ccc(F)c(F)c3)CC2)cc1C. The van der Waals surface area contributed by atoms with Crippen molar-refractivity contribution < 1.29 is 22.0 Å². The first-order valence-electron chi connectivity index (χ1n) is 10.7. The van der Waals surface area contributed by atoms with Crippen molar-refractivity contribution in [2.24, 2.45) is 0 Å². The molecule has 0 bridgehead atoms. The summed E-state index contributed by atoms with van der Waals surface area (Å²) in [4.78, 5) is 14.6. The van der Waals surface area contributed by atoms with Crippen LogP contribution in [0.5, 0.6) is 0 Å². The van der Waals surface area contributed by atoms with Gasteiger partial charge in [0.25, 0.3) is 0 Å². The molecule has 2 N–H and O–H groups in total. The van der Waals surface area contributed by atoms with Gasteiger partial charge >= 0.3 is 0 Å². The third kappa shape index (κ3) is 6.57. The molecule has 6 nitrogen and oxygen atoms in total. The molecule has 1 amide bonds. The molecular weight excluding hydrogens is 436 g/mol. The number of nitrogens with zero attached hydrogens (tertiary/aromatic N) is 1. The third-order valence-corrected chi connectivity index (χ3v) is 7.23. The molecule has 1 fully saturated rings. The lowest BCUT2D eigenvalue weighted by Gasteiger charge is -2.32. The van der Waals surface area contributed by atoms with E-state index in [1.54, 1.807) is 24.3 Å². The van der Waals surface area contributed by atoms with Crippen molar-refractivity contribution in [1.29, 1.82) is 0 Å². The van der Waals surface area contributed by atoms with Crippen LogP contribution in [-0.4, -0.2) is 44.9 Å². The van der Waals surface area contributed by atoms with Crippen LogP contribution in [0.1, 0.15) is 36.0 Å². The number of halogens is 2. The Kier molecular flexibility index (Phi) is 7.97. The molecule has 2 aromatic rings. The van der Waals surface area contributed by atoms with Gasteiger partial charge in [0.1, 0.15) is 0 Å². The number of rotatable bonds is 8. The molecule has 32 heavy (non-hydrogen) atoms. The Hall–Kier alpha value is -2.36. The first kappa shape index (κ1) is 24.3. The van der Waals surface area contributed by atoms with Gasteiger partial charge in [-0.2, -0.15) is 0 Å². The van der Waals surface area contributed by atoms with Crippen molar-refractivity contribution in [3.63, 3.8) is 0 Å². The van der Waals surface area contributed by atoms with E-state index >= 15 is 0 Å². The molecule has 1 heterocycles. The summed E-state index contributed by atoms with van der Waals surface area (Å²) in [6.45, 7) is 5.77. The molecule has 0 spiro atoms. The van der Waals surface area contributed by atoms with Crippen molar-refractivity contribution in [2.45, 2.75) is 50.6 Å². The lowest BCUT2D eigenvalue weighted by atomic mass is 10.0. The fraction of sp³-hybridized carbons (Fsp3) is 0.435. The quantitative estimate of drug-likeness (QED) is 0.628. The Morgan fingerprint density at radius 2 is 1.75 bits per heavy atom. The molecule has 174 valence electrons. The highest BCUT2D eigenvalue weighted by Crippen LogP contribution is 2.17. The van der Waals surface area contributed by atoms with Crippen LogP contribution < -0.4 is 10.0 Å². The molecule has 3 rings (SSSR count). The molecule has 1 aliphatic rings. The van der Waals surface area contributed by atoms with Crippen LogP contribution in [0.3, 0.4) is 0 Å². The number of amides is 1. The van der Waals surface area contributed by atoms with Crippen molar-refractivity contribution >= 4 is 15.9 Å². The summed E-state index contributed by atoms with van der Waals surface area (Å²) in [6.07, 6.45) is 1.53. The van der Waals surface area contributed by atoms with E-state index in [0.717, 1.165) is 43.1 Å². The van der Waals surface area contributed by atoms with Gasteiger partial charge in [-0.3, -0.25) is 9.69 Å². The number of likely N-dealkylation sites (tertiary alicyclic amines) is 1. The Balaban J connectivity index is 1.39. The van der Waals surface area contributed by atoms with Crippen molar-refractivity contribution in [1.82, 2.24) is 14.9 Å². The van der Waals surface area contributed by atoms with Gasteiger partial charge in [-0.25, -0.2) is 21.9 Å². The van der Waals surface area contributed by atoms with Gasteiger partial charge in [0.2, 0.25) is 15.9 Å². The molecule has 9 heteroatoms. The first-order valence-corrected chi connectivity index (χ1v) is 12.1. The zero-order valence-electron chi connectivity index (χ0n) is 18.3. The van der Waals surface area contributed by atoms with E-state index < -0.39 is 21.7 Å². The van der Waals surface area contributed by atoms with Crippen molar-refractivity contribution in [3.05, 3.63) is 64.7 Å². The maximum atomic E-state index is 13.4. The predicted molar refractivity (Wildman–Crippen MR) is 119 cm³/mol. The average molecular weight is 466 g/mol. The highest BCUT2D eigenvalue weighted by atomic mass is 32.2. The van der Waals surface area contributed by atoms with Crippen LogP contribution in [0.15, 0.2) is 41.3 Å². The minimum absolute atomic E-state index is 0.0139. The number of hydrogen-bond acceptors (Lipinski definition) is 4. The number of carbonyl (C=O) groups excluding carboxylic acids is 1. The molecule has 0 saturated carbocycles. The smallest absolute Gasteiger partial charge is 0.240 e. The Morgan fingerprint density at radius 3 is 2.41 bits per heavy atom. The molecule has 0 radical (unpaired) electrons. The van der Waals surface area contributed by atoms with Crippen LogP contribution in [0.4, 0.5) is 8.78 Å². The number of piperidine rings is 1. The zero-order chi connectivity index (χ0) is 23.3. The fourth-order valence-electron chi connectivity index (χ4n) is 3.69. The van der Waals surface area contributed by atoms with Gasteiger partial charge in [-0.1, -0.05) is 12.1 Å². The maximum Gasteiger partial charge on any atom is 0.240 e. The van der Waals surface area contributed by atoms with E-state index in [0.29, 0.717) is 12.1 Å². The topological polar surface area (TPSA) is 78.5 Å². The summed E-state index contributed by atoms with van der Waals surface area (Å²) in [5, 5.41) is 2.95. The van der Waals surface area contributed by atoms with E-state index in [1.165, 1.54) is 6.07 Å². The van der Waals surface area contributed by atoms with Crippen LogP contribution in [0.25, 0.3) is 0 Å². The summed E-state index contributed by atoms with van der Waals surface area (Å²) in [7, 11) is -3.66. The minimum atomic E-state index is -3.66. The minimum Gasteiger partial charge on any atom is -0.353 e. The van der Waals surface area contributed by atoms with Crippen molar-refractivity contribution in [3.8, 4) is 0 Å². The number of nitrogens with one attached hydrogen (secondary N) is 2. The van der Waals surface area contributed by atoms with Crippen LogP contribution in [0, 0.1) is 25.5 Å². The lowest BCUT2D eigenvalue weighted by Crippen LogP contribution is -2.45. The molecule has 1 aliphatic heterocycles. The van der Waals surface area contributed by atoms with Crippen molar-refractivity contribution in [2.75, 3.05) is 19.6 Å². The largest absolute Gasteiger partial charge is 0.353 e. The molecule has 2 aromatic carbocycles. The molecule has 0 atom stereocenters. The van der Waals surface area contributed by atoms with Gasteiger partial charge in [-0.05, 0) is 67.6 Å². The van der Waals surface area contributed by atoms with Gasteiger partial charge < -0.3 is 5.32 Å². The van der Waals surface area contributed by atoms with Crippen LogP contribution >= 0.6 is 0 Å². The van der Waals surface area contributed by atoms with E-state index in [1.807, 2.05) is 13.8 Å². The molecule has 0 aliphatic carbocycles. The van der Waals surface area contributed by atoms with Crippen LogP contribution in [-0.2, 0) is 21.4 Å². The van der Waals surface area contributed by atoms with E-state index in [9.17, 15) is 22.0 Å². The molecular formula is C23H29F2N3O3S. The molecule has 0 aromatic heterocycles. The highest BCUT2D eigenvalue weighted by molar-refractivity contribution is 7.89. The number of hydrogen-bond donors (Lipinski definition) is 2. The number of carbonyl (C=O) groups is 1. The summed E-state index contributed by atoms with van der Waals surface area (Å²) in [6, 6.07) is 8.86. The molecule has 1 saturated heterocycles. The van der Waals surface area contributed by atoms with E-state index in [-0.39, 0.29) is 29.8 Å². The number of benzene rings is 2. The van der Waals surface area contributed by atoms with E-state index in [4.69, 9.17) is 0 Å². The average Bonchev–Trinajstić information content (AvgIpc) is 2.74. The lowest BCUT2D eigenvalue weighted by molar-refractivity contribution is -0.121. The molecule has 0 unspecified atom stereocenters. The summed E-state index contributed by atoms with van der Waals surface area (Å²) < 4.78 is 53.7. The fourth-order valence-corrected chi connectivity index (χ4v) is 4.81. The summed E-state index contributed by atoms with van der Waals surface area (Å²) in [5.41, 5.74) is 2.61. The Bertz CT molecular complexity index is 1070. The predicted octanol–water partition coefficient (Wildman–Crippen LogP) is 3.03. The highest BCUT2D eigenvalue weighted by Gasteiger charge is 2.21. The summed E-state index contributed by atoms with van der Waals surface area (Å²) >= 11 is 0. The van der Waals surface area contributed by atoms with Crippen LogP contribution in [0.2, 0.25) is 0 Å². The number of sulfonamides is 1. The first-order chi connectivity index (χ1) is 15.1. The monoisotopic (exact) mass is 465 g/mol. The van der Waals surface area contributed by atoms with Gasteiger partial charge in [0, 0.05) is 38.6 Å². The number of aryl methyl sites for hydroxylation is 2. The standard InChI is InChI=1S/C23H29F2N3O3S/c1-16-3-5-20(13-17(16)2)32(30,31)26-10-7-23(29)27-19-8-11-28(12-9-19)15-18-4-6-21(24)22(25)14-18/h3-6,13-14,19,26H,7-12,15H2,1-2H3,(H,27,29). The Labute approximate surface area is 188 Å². The third-order valence-electron chi connectivity index (χ3n) is 5.78. The zero-order valence-corrected chi connectivity index (χ0v) is 19.1. The van der Waals surface area contributed by atoms with Gasteiger partial charge in [0.15, 0.2) is 11.6 Å². The Morgan fingerprint density at radius 1 is 1.03 bits per heavy atom. The van der Waals surface area contributed by atoms with E-state index in [2.05, 4.69) is 14.9 Å². The second kappa shape index (κ2) is 10.5. The van der Waals surface area contributed by atoms with Gasteiger partial charge in [0.05, 0.1) is 4.90 Å². The maximum absolute atomic E-state index is 13.4. The van der Waals surface area contributed by atoms with Gasteiger partial charge in [-0.15, -0.1) is 0 Å².